The molecule has 2 unspecified atom stereocenters. The molecule has 1 aromatic carbocycles. The van der Waals surface area contributed by atoms with Gasteiger partial charge >= 0.3 is 0 Å². The molecule has 2 fully saturated rings. The number of nitrogens with zero attached hydrogens (tertiary/aromatic N) is 1. The number of benzene rings is 1. The first kappa shape index (κ1) is 13.5. The SMILES string of the molecule is CN(C(=O)c1cc(F)cc(F)c1)C1CC2CCC(C1)N2. The van der Waals surface area contributed by atoms with Crippen molar-refractivity contribution in [2.45, 2.75) is 43.8 Å². The molecule has 1 aromatic rings. The van der Waals surface area contributed by atoms with Crippen LogP contribution in [0.15, 0.2) is 18.2 Å². The molecule has 3 rings (SSSR count). The Morgan fingerprint density at radius 3 is 2.25 bits per heavy atom. The molecular formula is C15H18F2N2O. The van der Waals surface area contributed by atoms with Crippen molar-refractivity contribution in [1.82, 2.24) is 10.2 Å². The molecule has 2 aliphatic heterocycles. The third-order valence-corrected chi connectivity index (χ3v) is 4.43. The predicted octanol–water partition coefficient (Wildman–Crippen LogP) is 2.32. The lowest BCUT2D eigenvalue weighted by atomic mass is 9.98. The summed E-state index contributed by atoms with van der Waals surface area (Å²) >= 11 is 0. The molecule has 2 atom stereocenters. The van der Waals surface area contributed by atoms with E-state index in [4.69, 9.17) is 0 Å². The molecule has 0 aliphatic carbocycles. The van der Waals surface area contributed by atoms with Crippen LogP contribution < -0.4 is 5.32 Å². The van der Waals surface area contributed by atoms with Crippen LogP contribution in [0, 0.1) is 11.6 Å². The summed E-state index contributed by atoms with van der Waals surface area (Å²) in [6, 6.07) is 4.06. The van der Waals surface area contributed by atoms with Gasteiger partial charge in [0.05, 0.1) is 0 Å². The van der Waals surface area contributed by atoms with Gasteiger partial charge in [0.1, 0.15) is 11.6 Å². The lowest BCUT2D eigenvalue weighted by Gasteiger charge is -2.35. The van der Waals surface area contributed by atoms with Gasteiger partial charge in [0.2, 0.25) is 0 Å². The van der Waals surface area contributed by atoms with Crippen molar-refractivity contribution in [2.75, 3.05) is 7.05 Å². The van der Waals surface area contributed by atoms with Crippen molar-refractivity contribution in [2.24, 2.45) is 0 Å². The van der Waals surface area contributed by atoms with Crippen LogP contribution in [0.5, 0.6) is 0 Å². The van der Waals surface area contributed by atoms with E-state index in [1.54, 1.807) is 11.9 Å². The smallest absolute Gasteiger partial charge is 0.254 e. The lowest BCUT2D eigenvalue weighted by molar-refractivity contribution is 0.0680. The van der Waals surface area contributed by atoms with Gasteiger partial charge in [0.15, 0.2) is 0 Å². The number of piperidine rings is 1. The molecule has 0 aromatic heterocycles. The first-order chi connectivity index (χ1) is 9.52. The predicted molar refractivity (Wildman–Crippen MR) is 71.4 cm³/mol. The highest BCUT2D eigenvalue weighted by Crippen LogP contribution is 2.29. The van der Waals surface area contributed by atoms with E-state index >= 15 is 0 Å². The fourth-order valence-electron chi connectivity index (χ4n) is 3.39. The van der Waals surface area contributed by atoms with Gasteiger partial charge in [-0.05, 0) is 37.8 Å². The fourth-order valence-corrected chi connectivity index (χ4v) is 3.39. The van der Waals surface area contributed by atoms with Gasteiger partial charge in [-0.1, -0.05) is 0 Å². The number of amides is 1. The van der Waals surface area contributed by atoms with Gasteiger partial charge in [-0.25, -0.2) is 8.78 Å². The molecule has 108 valence electrons. The Balaban J connectivity index is 1.76. The Bertz CT molecular complexity index is 502. The summed E-state index contributed by atoms with van der Waals surface area (Å²) in [5.74, 6) is -1.74. The van der Waals surface area contributed by atoms with Gasteiger partial charge in [-0.15, -0.1) is 0 Å². The summed E-state index contributed by atoms with van der Waals surface area (Å²) < 4.78 is 26.4. The number of carbonyl (C=O) groups excluding carboxylic acids is 1. The molecule has 2 heterocycles. The Morgan fingerprint density at radius 2 is 1.70 bits per heavy atom. The molecule has 0 saturated carbocycles. The third-order valence-electron chi connectivity index (χ3n) is 4.43. The van der Waals surface area contributed by atoms with E-state index in [1.807, 2.05) is 0 Å². The third kappa shape index (κ3) is 2.54. The summed E-state index contributed by atoms with van der Waals surface area (Å²) in [5.41, 5.74) is 0.0795. The van der Waals surface area contributed by atoms with Crippen molar-refractivity contribution in [1.29, 1.82) is 0 Å². The molecule has 3 nitrogen and oxygen atoms in total. The van der Waals surface area contributed by atoms with Crippen LogP contribution in [0.2, 0.25) is 0 Å². The van der Waals surface area contributed by atoms with Gasteiger partial charge in [0.25, 0.3) is 5.91 Å². The minimum Gasteiger partial charge on any atom is -0.339 e. The zero-order valence-electron chi connectivity index (χ0n) is 11.4. The number of halogens is 2. The summed E-state index contributed by atoms with van der Waals surface area (Å²) in [7, 11) is 1.72. The Labute approximate surface area is 117 Å². The Hall–Kier alpha value is -1.49. The van der Waals surface area contributed by atoms with Crippen molar-refractivity contribution in [3.63, 3.8) is 0 Å². The molecular weight excluding hydrogens is 262 g/mol. The molecule has 1 amide bonds. The van der Waals surface area contributed by atoms with Crippen molar-refractivity contribution in [3.8, 4) is 0 Å². The van der Waals surface area contributed by atoms with Gasteiger partial charge in [-0.3, -0.25) is 4.79 Å². The maximum absolute atomic E-state index is 13.2. The van der Waals surface area contributed by atoms with Crippen LogP contribution in [-0.4, -0.2) is 36.0 Å². The van der Waals surface area contributed by atoms with Gasteiger partial charge < -0.3 is 10.2 Å². The van der Waals surface area contributed by atoms with E-state index in [0.717, 1.165) is 43.9 Å². The average Bonchev–Trinajstić information content (AvgIpc) is 2.74. The number of hydrogen-bond acceptors (Lipinski definition) is 2. The zero-order valence-corrected chi connectivity index (χ0v) is 11.4. The fraction of sp³-hybridized carbons (Fsp3) is 0.533. The number of fused-ring (bicyclic) bond motifs is 2. The van der Waals surface area contributed by atoms with Crippen LogP contribution in [0.3, 0.4) is 0 Å². The second kappa shape index (κ2) is 5.13. The normalized spacial score (nSPS) is 28.4. The number of nitrogens with one attached hydrogen (secondary N) is 1. The first-order valence-electron chi connectivity index (χ1n) is 7.02. The average molecular weight is 280 g/mol. The van der Waals surface area contributed by atoms with Crippen molar-refractivity contribution < 1.29 is 13.6 Å². The Morgan fingerprint density at radius 1 is 1.15 bits per heavy atom. The highest BCUT2D eigenvalue weighted by atomic mass is 19.1. The standard InChI is InChI=1S/C15H18F2N2O/c1-19(14-7-12-2-3-13(8-14)18-12)15(20)9-4-10(16)6-11(17)5-9/h4-6,12-14,18H,2-3,7-8H2,1H3. The molecule has 2 saturated heterocycles. The molecule has 0 spiro atoms. The zero-order chi connectivity index (χ0) is 14.3. The minimum absolute atomic E-state index is 0.0795. The van der Waals surface area contributed by atoms with Crippen molar-refractivity contribution >= 4 is 5.91 Å². The number of rotatable bonds is 2. The highest BCUT2D eigenvalue weighted by Gasteiger charge is 2.36. The largest absolute Gasteiger partial charge is 0.339 e. The van der Waals surface area contributed by atoms with E-state index in [0.29, 0.717) is 12.1 Å². The monoisotopic (exact) mass is 280 g/mol. The minimum atomic E-state index is -0.716. The van der Waals surface area contributed by atoms with Crippen LogP contribution in [-0.2, 0) is 0 Å². The Kier molecular flexibility index (Phi) is 3.46. The molecule has 2 aliphatic rings. The second-order valence-electron chi connectivity index (χ2n) is 5.84. The van der Waals surface area contributed by atoms with E-state index in [-0.39, 0.29) is 17.5 Å². The van der Waals surface area contributed by atoms with Crippen LogP contribution in [0.1, 0.15) is 36.0 Å². The topological polar surface area (TPSA) is 32.3 Å². The van der Waals surface area contributed by atoms with E-state index in [1.165, 1.54) is 0 Å². The van der Waals surface area contributed by atoms with Crippen molar-refractivity contribution in [3.05, 3.63) is 35.4 Å². The van der Waals surface area contributed by atoms with E-state index in [9.17, 15) is 13.6 Å². The molecule has 0 radical (unpaired) electrons. The maximum Gasteiger partial charge on any atom is 0.254 e. The summed E-state index contributed by atoms with van der Waals surface area (Å²) in [5, 5.41) is 3.51. The lowest BCUT2D eigenvalue weighted by Crippen LogP contribution is -2.48. The van der Waals surface area contributed by atoms with Gasteiger partial charge in [-0.2, -0.15) is 0 Å². The summed E-state index contributed by atoms with van der Waals surface area (Å²) in [4.78, 5) is 14.0. The van der Waals surface area contributed by atoms with Crippen LogP contribution in [0.4, 0.5) is 8.78 Å². The maximum atomic E-state index is 13.2. The first-order valence-corrected chi connectivity index (χ1v) is 7.02. The molecule has 5 heteroatoms. The van der Waals surface area contributed by atoms with Crippen LogP contribution >= 0.6 is 0 Å². The second-order valence-corrected chi connectivity index (χ2v) is 5.84. The van der Waals surface area contributed by atoms with E-state index < -0.39 is 11.6 Å². The van der Waals surface area contributed by atoms with Crippen LogP contribution in [0.25, 0.3) is 0 Å². The quantitative estimate of drug-likeness (QED) is 0.901. The molecule has 2 bridgehead atoms. The number of carbonyl (C=O) groups is 1. The molecule has 20 heavy (non-hydrogen) atoms. The number of hydrogen-bond donors (Lipinski definition) is 1. The van der Waals surface area contributed by atoms with Gasteiger partial charge in [0, 0.05) is 36.8 Å². The summed E-state index contributed by atoms with van der Waals surface area (Å²) in [6.07, 6.45) is 4.13. The summed E-state index contributed by atoms with van der Waals surface area (Å²) in [6.45, 7) is 0. The highest BCUT2D eigenvalue weighted by molar-refractivity contribution is 5.94. The van der Waals surface area contributed by atoms with E-state index in [2.05, 4.69) is 5.32 Å². The molecule has 1 N–H and O–H groups in total.